The molecule has 6 heteroatoms. The zero-order valence-corrected chi connectivity index (χ0v) is 5.72. The molecule has 0 unspecified atom stereocenters. The van der Waals surface area contributed by atoms with Crippen molar-refractivity contribution in [2.45, 2.75) is 6.36 Å². The molecule has 1 aliphatic heterocycles. The van der Waals surface area contributed by atoms with E-state index in [0.717, 1.165) is 0 Å². The van der Waals surface area contributed by atoms with E-state index in [9.17, 15) is 13.2 Å². The Labute approximate surface area is 61.5 Å². The molecule has 0 aliphatic carbocycles. The van der Waals surface area contributed by atoms with Crippen LogP contribution in [0.15, 0.2) is 4.99 Å². The Bertz CT molecular complexity index is 177. The highest BCUT2D eigenvalue weighted by Crippen LogP contribution is 2.19. The molecule has 1 radical (unpaired) electrons. The van der Waals surface area contributed by atoms with Crippen molar-refractivity contribution in [3.63, 3.8) is 0 Å². The summed E-state index contributed by atoms with van der Waals surface area (Å²) < 4.78 is 38.2. The summed E-state index contributed by atoms with van der Waals surface area (Å²) in [5.74, 6) is 0. The van der Waals surface area contributed by atoms with Crippen LogP contribution < -0.4 is 0 Å². The molecular weight excluding hydrogens is 161 g/mol. The molecule has 0 atom stereocenters. The summed E-state index contributed by atoms with van der Waals surface area (Å²) in [6.07, 6.45) is -4.65. The Morgan fingerprint density at radius 2 is 2.27 bits per heavy atom. The molecule has 0 aromatic rings. The number of alkyl halides is 3. The number of halogens is 3. The molecule has 0 fully saturated rings. The number of hydrogen-bond acceptors (Lipinski definition) is 3. The lowest BCUT2D eigenvalue weighted by Crippen LogP contribution is -2.28. The van der Waals surface area contributed by atoms with Gasteiger partial charge in [-0.2, -0.15) is 0 Å². The smallest absolute Gasteiger partial charge is 0.373 e. The van der Waals surface area contributed by atoms with Crippen molar-refractivity contribution in [3.8, 4) is 0 Å². The van der Waals surface area contributed by atoms with Crippen LogP contribution in [0, 0.1) is 6.54 Å². The molecule has 11 heavy (non-hydrogen) atoms. The lowest BCUT2D eigenvalue weighted by atomic mass is 10.6. The minimum absolute atomic E-state index is 0.238. The molecule has 0 saturated heterocycles. The lowest BCUT2D eigenvalue weighted by Gasteiger charge is -2.14. The number of amidine groups is 1. The first-order valence-electron chi connectivity index (χ1n) is 2.85. The van der Waals surface area contributed by atoms with Gasteiger partial charge in [-0.3, -0.25) is 0 Å². The van der Waals surface area contributed by atoms with Gasteiger partial charge in [-0.1, -0.05) is 0 Å². The van der Waals surface area contributed by atoms with Crippen LogP contribution >= 0.6 is 0 Å². The van der Waals surface area contributed by atoms with E-state index in [0.29, 0.717) is 0 Å². The minimum Gasteiger partial charge on any atom is -0.373 e. The average molecular weight is 167 g/mol. The molecule has 0 aromatic heterocycles. The van der Waals surface area contributed by atoms with E-state index in [2.05, 4.69) is 9.73 Å². The largest absolute Gasteiger partial charge is 0.575 e. The number of nitrogens with zero attached hydrogens (tertiary/aromatic N) is 2. The molecule has 3 nitrogen and oxygen atoms in total. The van der Waals surface area contributed by atoms with E-state index in [1.165, 1.54) is 18.5 Å². The predicted octanol–water partition coefficient (Wildman–Crippen LogP) is 0.986. The molecule has 0 amide bonds. The Morgan fingerprint density at radius 3 is 2.64 bits per heavy atom. The van der Waals surface area contributed by atoms with Crippen LogP contribution in [-0.2, 0) is 4.74 Å². The third kappa shape index (κ3) is 2.28. The standard InChI is InChI=1S/C5H6F3N2O/c1-10-3-2-9-4(10)11-5(6,7)8/h3H,2H2,1H3. The van der Waals surface area contributed by atoms with E-state index in [1.54, 1.807) is 0 Å². The maximum absolute atomic E-state index is 11.5. The van der Waals surface area contributed by atoms with Crippen molar-refractivity contribution in [1.82, 2.24) is 4.90 Å². The second-order valence-electron chi connectivity index (χ2n) is 1.96. The first kappa shape index (κ1) is 8.16. The molecule has 63 valence electrons. The monoisotopic (exact) mass is 167 g/mol. The van der Waals surface area contributed by atoms with Gasteiger partial charge >= 0.3 is 6.36 Å². The van der Waals surface area contributed by atoms with Gasteiger partial charge in [0.15, 0.2) is 0 Å². The van der Waals surface area contributed by atoms with Crippen molar-refractivity contribution in [1.29, 1.82) is 0 Å². The molecule has 0 bridgehead atoms. The first-order valence-corrected chi connectivity index (χ1v) is 2.85. The maximum Gasteiger partial charge on any atom is 0.575 e. The van der Waals surface area contributed by atoms with Crippen LogP contribution in [-0.4, -0.2) is 30.9 Å². The molecule has 1 rings (SSSR count). The predicted molar refractivity (Wildman–Crippen MR) is 31.5 cm³/mol. The minimum atomic E-state index is -4.65. The zero-order valence-electron chi connectivity index (χ0n) is 5.72. The number of likely N-dealkylation sites (N-methyl/N-ethyl adjacent to an activating group) is 1. The van der Waals surface area contributed by atoms with Crippen molar-refractivity contribution >= 4 is 6.02 Å². The number of aliphatic imine (C=N–C) groups is 1. The molecule has 0 N–H and O–H groups in total. The van der Waals surface area contributed by atoms with Crippen molar-refractivity contribution in [3.05, 3.63) is 6.54 Å². The lowest BCUT2D eigenvalue weighted by molar-refractivity contribution is -0.286. The summed E-state index contributed by atoms with van der Waals surface area (Å²) in [4.78, 5) is 4.63. The van der Waals surface area contributed by atoms with Crippen molar-refractivity contribution < 1.29 is 17.9 Å². The first-order chi connectivity index (χ1) is 4.99. The highest BCUT2D eigenvalue weighted by Gasteiger charge is 2.35. The molecular formula is C5H6F3N2O. The fourth-order valence-corrected chi connectivity index (χ4v) is 0.639. The summed E-state index contributed by atoms with van der Waals surface area (Å²) in [5.41, 5.74) is 0. The zero-order chi connectivity index (χ0) is 8.48. The third-order valence-corrected chi connectivity index (χ3v) is 1.09. The summed E-state index contributed by atoms with van der Waals surface area (Å²) in [7, 11) is 1.44. The Kier molecular flexibility index (Phi) is 1.92. The summed E-state index contributed by atoms with van der Waals surface area (Å²) in [6.45, 7) is 1.73. The fraction of sp³-hybridized carbons (Fsp3) is 0.600. The number of rotatable bonds is 0. The third-order valence-electron chi connectivity index (χ3n) is 1.09. The van der Waals surface area contributed by atoms with Crippen molar-refractivity contribution in [2.24, 2.45) is 4.99 Å². The highest BCUT2D eigenvalue weighted by atomic mass is 19.4. The van der Waals surface area contributed by atoms with Gasteiger partial charge in [-0.05, 0) is 0 Å². The van der Waals surface area contributed by atoms with Crippen LogP contribution in [0.5, 0.6) is 0 Å². The average Bonchev–Trinajstić information content (AvgIpc) is 2.12. The Balaban J connectivity index is 2.49. The molecule has 1 aliphatic rings. The van der Waals surface area contributed by atoms with Crippen LogP contribution in [0.1, 0.15) is 0 Å². The molecule has 0 spiro atoms. The molecule has 0 saturated carbocycles. The summed E-state index contributed by atoms with van der Waals surface area (Å²) >= 11 is 0. The van der Waals surface area contributed by atoms with E-state index >= 15 is 0 Å². The summed E-state index contributed by atoms with van der Waals surface area (Å²) in [5, 5.41) is 0. The summed E-state index contributed by atoms with van der Waals surface area (Å²) in [6, 6.07) is -0.405. The van der Waals surface area contributed by atoms with Crippen LogP contribution in [0.25, 0.3) is 0 Å². The quantitative estimate of drug-likeness (QED) is 0.537. The SMILES string of the molecule is CN1[CH]CN=C1OC(F)(F)F. The Morgan fingerprint density at radius 1 is 1.64 bits per heavy atom. The second kappa shape index (κ2) is 2.60. The van der Waals surface area contributed by atoms with Gasteiger partial charge in [0.25, 0.3) is 6.02 Å². The van der Waals surface area contributed by atoms with Crippen molar-refractivity contribution in [2.75, 3.05) is 13.6 Å². The van der Waals surface area contributed by atoms with E-state index in [4.69, 9.17) is 0 Å². The van der Waals surface area contributed by atoms with Gasteiger partial charge in [0.1, 0.15) is 0 Å². The normalized spacial score (nSPS) is 18.5. The van der Waals surface area contributed by atoms with Crippen LogP contribution in [0.4, 0.5) is 13.2 Å². The van der Waals surface area contributed by atoms with E-state index in [1.807, 2.05) is 0 Å². The number of ether oxygens (including phenoxy) is 1. The molecule has 1 heterocycles. The highest BCUT2D eigenvalue weighted by molar-refractivity contribution is 5.76. The topological polar surface area (TPSA) is 24.8 Å². The van der Waals surface area contributed by atoms with E-state index in [-0.39, 0.29) is 6.54 Å². The maximum atomic E-state index is 11.5. The van der Waals surface area contributed by atoms with Gasteiger partial charge < -0.3 is 9.64 Å². The van der Waals surface area contributed by atoms with Gasteiger partial charge in [0, 0.05) is 7.05 Å². The molecule has 0 aromatic carbocycles. The van der Waals surface area contributed by atoms with Crippen LogP contribution in [0.2, 0.25) is 0 Å². The fourth-order valence-electron chi connectivity index (χ4n) is 0.639. The number of hydrogen-bond donors (Lipinski definition) is 0. The second-order valence-corrected chi connectivity index (χ2v) is 1.96. The van der Waals surface area contributed by atoms with Gasteiger partial charge in [-0.25, -0.2) is 4.99 Å². The van der Waals surface area contributed by atoms with E-state index < -0.39 is 12.4 Å². The van der Waals surface area contributed by atoms with Gasteiger partial charge in [-0.15, -0.1) is 13.2 Å². The van der Waals surface area contributed by atoms with Crippen LogP contribution in [0.3, 0.4) is 0 Å². The van der Waals surface area contributed by atoms with Gasteiger partial charge in [0.05, 0.1) is 13.1 Å². The van der Waals surface area contributed by atoms with Gasteiger partial charge in [0.2, 0.25) is 0 Å². The Hall–Kier alpha value is -0.940.